The molecule has 2 N–H and O–H groups in total. The van der Waals surface area contributed by atoms with E-state index in [9.17, 15) is 0 Å². The van der Waals surface area contributed by atoms with Gasteiger partial charge in [-0.05, 0) is 42.3 Å². The fraction of sp³-hybridized carbons (Fsp3) is 0.667. The van der Waals surface area contributed by atoms with Gasteiger partial charge in [0, 0.05) is 11.6 Å². The summed E-state index contributed by atoms with van der Waals surface area (Å²) in [5.74, 6) is 1.35. The number of hydrogen-bond acceptors (Lipinski definition) is 2. The molecule has 1 heterocycles. The molecule has 15 heavy (non-hydrogen) atoms. The lowest BCUT2D eigenvalue weighted by atomic mass is 9.77. The van der Waals surface area contributed by atoms with Crippen molar-refractivity contribution in [1.82, 2.24) is 0 Å². The summed E-state index contributed by atoms with van der Waals surface area (Å²) in [6.07, 6.45) is 6.66. The normalized spacial score (nSPS) is 29.0. The summed E-state index contributed by atoms with van der Waals surface area (Å²) >= 11 is 5.94. The molecule has 1 fully saturated rings. The first-order chi connectivity index (χ1) is 7.18. The van der Waals surface area contributed by atoms with Gasteiger partial charge in [0.2, 0.25) is 0 Å². The maximum Gasteiger partial charge on any atom is 0.197 e. The van der Waals surface area contributed by atoms with Gasteiger partial charge >= 0.3 is 0 Å². The second kappa shape index (κ2) is 4.58. The van der Waals surface area contributed by atoms with Gasteiger partial charge in [0.1, 0.15) is 0 Å². The van der Waals surface area contributed by atoms with Crippen LogP contribution < -0.4 is 5.73 Å². The minimum absolute atomic E-state index is 0.0407. The monoisotopic (exact) mass is 227 g/mol. The molecular weight excluding hydrogens is 210 g/mol. The molecule has 3 unspecified atom stereocenters. The van der Waals surface area contributed by atoms with Crippen LogP contribution >= 0.6 is 11.6 Å². The maximum atomic E-state index is 6.23. The Kier molecular flexibility index (Phi) is 3.37. The minimum Gasteiger partial charge on any atom is -0.453 e. The summed E-state index contributed by atoms with van der Waals surface area (Å²) in [4.78, 5) is 0. The quantitative estimate of drug-likeness (QED) is 0.836. The highest BCUT2D eigenvalue weighted by atomic mass is 35.5. The van der Waals surface area contributed by atoms with Crippen LogP contribution in [0.5, 0.6) is 0 Å². The van der Waals surface area contributed by atoms with Gasteiger partial charge < -0.3 is 10.2 Å². The Labute approximate surface area is 95.8 Å². The summed E-state index contributed by atoms with van der Waals surface area (Å²) in [6.45, 7) is 2.30. The second-order valence-corrected chi connectivity index (χ2v) is 5.05. The van der Waals surface area contributed by atoms with E-state index in [-0.39, 0.29) is 6.04 Å². The largest absolute Gasteiger partial charge is 0.453 e. The molecule has 1 aromatic rings. The molecule has 3 heteroatoms. The predicted octanol–water partition coefficient (Wildman–Crippen LogP) is 3.76. The Morgan fingerprint density at radius 1 is 1.53 bits per heavy atom. The lowest BCUT2D eigenvalue weighted by Crippen LogP contribution is -2.26. The van der Waals surface area contributed by atoms with Crippen molar-refractivity contribution in [2.24, 2.45) is 17.6 Å². The van der Waals surface area contributed by atoms with Crippen LogP contribution in [0.25, 0.3) is 0 Å². The van der Waals surface area contributed by atoms with Gasteiger partial charge in [-0.15, -0.1) is 0 Å². The van der Waals surface area contributed by atoms with E-state index in [0.29, 0.717) is 11.1 Å². The second-order valence-electron chi connectivity index (χ2n) is 4.71. The van der Waals surface area contributed by atoms with Crippen LogP contribution in [-0.2, 0) is 0 Å². The van der Waals surface area contributed by atoms with Crippen LogP contribution in [0, 0.1) is 11.8 Å². The smallest absolute Gasteiger partial charge is 0.197 e. The van der Waals surface area contributed by atoms with Crippen molar-refractivity contribution in [1.29, 1.82) is 0 Å². The number of nitrogens with two attached hydrogens (primary N) is 1. The average molecular weight is 228 g/mol. The summed E-state index contributed by atoms with van der Waals surface area (Å²) in [6, 6.07) is 1.94. The fourth-order valence-electron chi connectivity index (χ4n) is 2.60. The number of hydrogen-bond donors (Lipinski definition) is 1. The molecule has 0 spiro atoms. The zero-order valence-electron chi connectivity index (χ0n) is 9.08. The molecule has 0 radical (unpaired) electrons. The van der Waals surface area contributed by atoms with Crippen molar-refractivity contribution < 1.29 is 4.42 Å². The zero-order valence-corrected chi connectivity index (χ0v) is 9.83. The van der Waals surface area contributed by atoms with E-state index in [4.69, 9.17) is 21.8 Å². The van der Waals surface area contributed by atoms with Crippen LogP contribution in [0.3, 0.4) is 0 Å². The molecule has 0 amide bonds. The van der Waals surface area contributed by atoms with Crippen molar-refractivity contribution in [3.63, 3.8) is 0 Å². The molecule has 3 atom stereocenters. The molecule has 0 bridgehead atoms. The molecule has 1 aromatic heterocycles. The van der Waals surface area contributed by atoms with Crippen LogP contribution in [0.15, 0.2) is 16.7 Å². The van der Waals surface area contributed by atoms with E-state index in [1.165, 1.54) is 25.7 Å². The third kappa shape index (κ3) is 2.37. The van der Waals surface area contributed by atoms with Gasteiger partial charge in [-0.2, -0.15) is 0 Å². The number of halogens is 1. The first-order valence-electron chi connectivity index (χ1n) is 5.67. The first kappa shape index (κ1) is 11.0. The lowest BCUT2D eigenvalue weighted by Gasteiger charge is -2.30. The standard InChI is InChI=1S/C12H18ClNO/c1-8-3-2-4-9(7-8)11(14)10-5-6-15-12(10)13/h5-6,8-9,11H,2-4,7,14H2,1H3. The molecule has 84 valence electrons. The van der Waals surface area contributed by atoms with Gasteiger partial charge in [-0.25, -0.2) is 0 Å². The predicted molar refractivity (Wildman–Crippen MR) is 61.8 cm³/mol. The van der Waals surface area contributed by atoms with Crippen LogP contribution in [0.1, 0.15) is 44.2 Å². The van der Waals surface area contributed by atoms with Crippen LogP contribution in [0.2, 0.25) is 5.22 Å². The van der Waals surface area contributed by atoms with Crippen molar-refractivity contribution >= 4 is 11.6 Å². The zero-order chi connectivity index (χ0) is 10.8. The van der Waals surface area contributed by atoms with Gasteiger partial charge in [0.15, 0.2) is 5.22 Å². The fourth-order valence-corrected chi connectivity index (χ4v) is 2.84. The van der Waals surface area contributed by atoms with Crippen LogP contribution in [0.4, 0.5) is 0 Å². The Balaban J connectivity index is 2.07. The van der Waals surface area contributed by atoms with E-state index < -0.39 is 0 Å². The van der Waals surface area contributed by atoms with E-state index in [1.54, 1.807) is 6.26 Å². The number of rotatable bonds is 2. The summed E-state index contributed by atoms with van der Waals surface area (Å²) in [7, 11) is 0. The Hall–Kier alpha value is -0.470. The van der Waals surface area contributed by atoms with E-state index >= 15 is 0 Å². The molecule has 2 rings (SSSR count). The molecule has 2 nitrogen and oxygen atoms in total. The summed E-state index contributed by atoms with van der Waals surface area (Å²) < 4.78 is 5.09. The minimum atomic E-state index is 0.0407. The van der Waals surface area contributed by atoms with Gasteiger partial charge in [0.25, 0.3) is 0 Å². The van der Waals surface area contributed by atoms with E-state index in [1.807, 2.05) is 6.07 Å². The molecule has 1 aliphatic rings. The van der Waals surface area contributed by atoms with Crippen molar-refractivity contribution in [3.8, 4) is 0 Å². The highest BCUT2D eigenvalue weighted by Gasteiger charge is 2.27. The third-order valence-corrected chi connectivity index (χ3v) is 3.80. The Morgan fingerprint density at radius 3 is 2.93 bits per heavy atom. The maximum absolute atomic E-state index is 6.23. The molecule has 1 aliphatic carbocycles. The molecule has 1 saturated carbocycles. The number of furan rings is 1. The van der Waals surface area contributed by atoms with Gasteiger partial charge in [-0.1, -0.05) is 19.8 Å². The third-order valence-electron chi connectivity index (χ3n) is 3.49. The topological polar surface area (TPSA) is 39.2 Å². The van der Waals surface area contributed by atoms with E-state index in [2.05, 4.69) is 6.92 Å². The molecule has 0 aromatic carbocycles. The van der Waals surface area contributed by atoms with Crippen molar-refractivity contribution in [2.45, 2.75) is 38.6 Å². The van der Waals surface area contributed by atoms with Crippen molar-refractivity contribution in [3.05, 3.63) is 23.1 Å². The van der Waals surface area contributed by atoms with Crippen molar-refractivity contribution in [2.75, 3.05) is 0 Å². The lowest BCUT2D eigenvalue weighted by molar-refractivity contribution is 0.247. The summed E-state index contributed by atoms with van der Waals surface area (Å²) in [5.41, 5.74) is 7.20. The van der Waals surface area contributed by atoms with Crippen LogP contribution in [-0.4, -0.2) is 0 Å². The van der Waals surface area contributed by atoms with Gasteiger partial charge in [0.05, 0.1) is 6.26 Å². The molecular formula is C12H18ClNO. The molecule has 0 saturated heterocycles. The Bertz CT molecular complexity index is 323. The Morgan fingerprint density at radius 2 is 2.33 bits per heavy atom. The van der Waals surface area contributed by atoms with Gasteiger partial charge in [-0.3, -0.25) is 0 Å². The highest BCUT2D eigenvalue weighted by molar-refractivity contribution is 6.29. The first-order valence-corrected chi connectivity index (χ1v) is 6.04. The molecule has 0 aliphatic heterocycles. The highest BCUT2D eigenvalue weighted by Crippen LogP contribution is 2.37. The summed E-state index contributed by atoms with van der Waals surface area (Å²) in [5, 5.41) is 0.459. The SMILES string of the molecule is CC1CCCC(C(N)c2ccoc2Cl)C1. The van der Waals surface area contributed by atoms with E-state index in [0.717, 1.165) is 11.5 Å². The average Bonchev–Trinajstić information content (AvgIpc) is 2.63.